The fourth-order valence-corrected chi connectivity index (χ4v) is 4.06. The van der Waals surface area contributed by atoms with Gasteiger partial charge < -0.3 is 4.90 Å². The maximum absolute atomic E-state index is 13.2. The second-order valence-electron chi connectivity index (χ2n) is 6.39. The van der Waals surface area contributed by atoms with Gasteiger partial charge in [0.25, 0.3) is 11.5 Å². The van der Waals surface area contributed by atoms with Gasteiger partial charge in [-0.3, -0.25) is 14.2 Å². The van der Waals surface area contributed by atoms with Gasteiger partial charge in [-0.2, -0.15) is 0 Å². The number of aromatic nitrogens is 2. The number of fused-ring (bicyclic) bond motifs is 1. The summed E-state index contributed by atoms with van der Waals surface area (Å²) in [5.74, 6) is 0.532. The van der Waals surface area contributed by atoms with E-state index >= 15 is 0 Å². The first-order valence-electron chi connectivity index (χ1n) is 8.82. The Labute approximate surface area is 161 Å². The van der Waals surface area contributed by atoms with Crippen molar-refractivity contribution in [2.24, 2.45) is 0 Å². The molecule has 0 saturated carbocycles. The molecule has 1 aliphatic heterocycles. The first kappa shape index (κ1) is 17.5. The van der Waals surface area contributed by atoms with Crippen molar-refractivity contribution in [3.8, 4) is 0 Å². The number of benzene rings is 2. The van der Waals surface area contributed by atoms with E-state index in [4.69, 9.17) is 0 Å². The summed E-state index contributed by atoms with van der Waals surface area (Å²) in [6.45, 7) is 1.47. The van der Waals surface area contributed by atoms with Crippen molar-refractivity contribution in [2.45, 2.75) is 24.8 Å². The number of carbonyl (C=O) groups is 1. The van der Waals surface area contributed by atoms with Crippen LogP contribution in [0.25, 0.3) is 0 Å². The zero-order valence-corrected chi connectivity index (χ0v) is 15.6. The average molecular weight is 377 g/mol. The van der Waals surface area contributed by atoms with Crippen molar-refractivity contribution in [1.82, 2.24) is 14.5 Å². The Kier molecular flexibility index (Phi) is 5.07. The van der Waals surface area contributed by atoms with Gasteiger partial charge in [0.2, 0.25) is 0 Å². The van der Waals surface area contributed by atoms with Crippen LogP contribution in [0.2, 0.25) is 0 Å². The molecule has 5 nitrogen and oxygen atoms in total. The van der Waals surface area contributed by atoms with Crippen molar-refractivity contribution in [3.05, 3.63) is 93.9 Å². The van der Waals surface area contributed by atoms with Crippen LogP contribution < -0.4 is 5.56 Å². The summed E-state index contributed by atoms with van der Waals surface area (Å²) in [6, 6.07) is 19.6. The van der Waals surface area contributed by atoms with Crippen LogP contribution in [-0.4, -0.2) is 26.1 Å². The highest BCUT2D eigenvalue weighted by Gasteiger charge is 2.24. The van der Waals surface area contributed by atoms with Gasteiger partial charge in [0, 0.05) is 31.6 Å². The molecule has 1 aromatic heterocycles. The molecule has 0 fully saturated rings. The lowest BCUT2D eigenvalue weighted by molar-refractivity contribution is 0.0726. The molecule has 1 amide bonds. The summed E-state index contributed by atoms with van der Waals surface area (Å²) in [5.41, 5.74) is 1.92. The Morgan fingerprint density at radius 2 is 1.59 bits per heavy atom. The Hall–Kier alpha value is -2.86. The number of amides is 1. The van der Waals surface area contributed by atoms with E-state index in [1.807, 2.05) is 60.7 Å². The molecule has 3 aromatic rings. The van der Waals surface area contributed by atoms with Gasteiger partial charge in [0.05, 0.1) is 0 Å². The van der Waals surface area contributed by atoms with Gasteiger partial charge >= 0.3 is 0 Å². The van der Waals surface area contributed by atoms with Crippen molar-refractivity contribution in [1.29, 1.82) is 0 Å². The minimum atomic E-state index is -0.285. The Bertz CT molecular complexity index is 961. The van der Waals surface area contributed by atoms with Crippen LogP contribution >= 0.6 is 11.8 Å². The molecule has 2 aromatic carbocycles. The maximum atomic E-state index is 13.2. The second-order valence-corrected chi connectivity index (χ2v) is 7.45. The van der Waals surface area contributed by atoms with E-state index in [0.29, 0.717) is 24.8 Å². The highest BCUT2D eigenvalue weighted by Crippen LogP contribution is 2.21. The van der Waals surface area contributed by atoms with Crippen molar-refractivity contribution < 1.29 is 4.79 Å². The Balaban J connectivity index is 1.67. The van der Waals surface area contributed by atoms with E-state index in [9.17, 15) is 9.59 Å². The first-order valence-corrected chi connectivity index (χ1v) is 9.81. The molecular formula is C21H19N3O2S. The minimum absolute atomic E-state index is 0.133. The van der Waals surface area contributed by atoms with E-state index in [2.05, 4.69) is 4.98 Å². The first-order chi connectivity index (χ1) is 13.2. The van der Waals surface area contributed by atoms with Crippen LogP contribution in [-0.2, 0) is 19.6 Å². The lowest BCUT2D eigenvalue weighted by atomic mass is 10.1. The van der Waals surface area contributed by atoms with Gasteiger partial charge in [0.1, 0.15) is 5.56 Å². The van der Waals surface area contributed by atoms with E-state index in [-0.39, 0.29) is 17.0 Å². The van der Waals surface area contributed by atoms with Crippen molar-refractivity contribution in [2.75, 3.05) is 5.75 Å². The highest BCUT2D eigenvalue weighted by atomic mass is 32.2. The molecule has 2 heterocycles. The van der Waals surface area contributed by atoms with Gasteiger partial charge in [-0.1, -0.05) is 72.4 Å². The molecular weight excluding hydrogens is 358 g/mol. The predicted molar refractivity (Wildman–Crippen MR) is 106 cm³/mol. The third-order valence-corrected chi connectivity index (χ3v) is 5.48. The number of nitrogens with zero attached hydrogens (tertiary/aromatic N) is 3. The summed E-state index contributed by atoms with van der Waals surface area (Å²) >= 11 is 1.54. The van der Waals surface area contributed by atoms with Gasteiger partial charge in [0.15, 0.2) is 5.16 Å². The quantitative estimate of drug-likeness (QED) is 0.641. The Morgan fingerprint density at radius 1 is 1.00 bits per heavy atom. The van der Waals surface area contributed by atoms with Crippen LogP contribution in [0.15, 0.2) is 76.8 Å². The zero-order chi connectivity index (χ0) is 18.6. The third-order valence-electron chi connectivity index (χ3n) is 4.51. The van der Waals surface area contributed by atoms with E-state index in [1.165, 1.54) is 6.20 Å². The average Bonchev–Trinajstić information content (AvgIpc) is 3.19. The molecule has 0 saturated heterocycles. The van der Waals surface area contributed by atoms with E-state index in [1.54, 1.807) is 21.2 Å². The second kappa shape index (κ2) is 7.80. The topological polar surface area (TPSA) is 55.2 Å². The van der Waals surface area contributed by atoms with Crippen molar-refractivity contribution >= 4 is 17.7 Å². The molecule has 4 rings (SSSR count). The molecule has 0 aliphatic carbocycles. The van der Waals surface area contributed by atoms with Crippen LogP contribution in [0.4, 0.5) is 0 Å². The summed E-state index contributed by atoms with van der Waals surface area (Å²) in [5, 5.41) is 0.689. The fourth-order valence-electron chi connectivity index (χ4n) is 3.14. The number of thioether (sulfide) groups is 1. The third kappa shape index (κ3) is 3.80. The fraction of sp³-hybridized carbons (Fsp3) is 0.190. The molecule has 136 valence electrons. The molecule has 1 aliphatic rings. The van der Waals surface area contributed by atoms with Crippen LogP contribution in [0.1, 0.15) is 21.5 Å². The lowest BCUT2D eigenvalue weighted by Crippen LogP contribution is -2.36. The summed E-state index contributed by atoms with van der Waals surface area (Å²) in [7, 11) is 0. The van der Waals surface area contributed by atoms with Gasteiger partial charge in [-0.25, -0.2) is 4.98 Å². The lowest BCUT2D eigenvalue weighted by Gasteiger charge is -2.23. The SMILES string of the molecule is O=C(c1cnc2n(c1=O)CCS2)N(Cc1ccccc1)Cc1ccccc1. The standard InChI is InChI=1S/C21H19N3O2S/c25-19(18-13-22-21-24(20(18)26)11-12-27-21)23(14-16-7-3-1-4-8-16)15-17-9-5-2-6-10-17/h1-10,13H,11-12,14-15H2. The van der Waals surface area contributed by atoms with E-state index < -0.39 is 0 Å². The monoisotopic (exact) mass is 377 g/mol. The van der Waals surface area contributed by atoms with Crippen LogP contribution in [0.3, 0.4) is 0 Å². The highest BCUT2D eigenvalue weighted by molar-refractivity contribution is 7.99. The molecule has 6 heteroatoms. The molecule has 0 radical (unpaired) electrons. The number of hydrogen-bond donors (Lipinski definition) is 0. The molecule has 0 unspecified atom stereocenters. The summed E-state index contributed by atoms with van der Waals surface area (Å²) in [6.07, 6.45) is 1.43. The summed E-state index contributed by atoms with van der Waals surface area (Å²) in [4.78, 5) is 32.0. The van der Waals surface area contributed by atoms with Crippen molar-refractivity contribution in [3.63, 3.8) is 0 Å². The van der Waals surface area contributed by atoms with Crippen LogP contribution in [0.5, 0.6) is 0 Å². The normalized spacial score (nSPS) is 12.6. The molecule has 0 atom stereocenters. The number of hydrogen-bond acceptors (Lipinski definition) is 4. The minimum Gasteiger partial charge on any atom is -0.330 e. The number of rotatable bonds is 5. The molecule has 27 heavy (non-hydrogen) atoms. The van der Waals surface area contributed by atoms with Crippen LogP contribution in [0, 0.1) is 0 Å². The number of carbonyl (C=O) groups excluding carboxylic acids is 1. The van der Waals surface area contributed by atoms with E-state index in [0.717, 1.165) is 16.9 Å². The van der Waals surface area contributed by atoms with Gasteiger partial charge in [-0.05, 0) is 11.1 Å². The summed E-state index contributed by atoms with van der Waals surface area (Å²) < 4.78 is 1.60. The smallest absolute Gasteiger partial charge is 0.267 e. The molecule has 0 bridgehead atoms. The zero-order valence-electron chi connectivity index (χ0n) is 14.7. The molecule has 0 N–H and O–H groups in total. The largest absolute Gasteiger partial charge is 0.330 e. The molecule has 0 spiro atoms. The van der Waals surface area contributed by atoms with Gasteiger partial charge in [-0.15, -0.1) is 0 Å². The predicted octanol–water partition coefficient (Wildman–Crippen LogP) is 3.19. The Morgan fingerprint density at radius 3 is 2.19 bits per heavy atom. The maximum Gasteiger partial charge on any atom is 0.267 e.